The number of hydrogen-bond donors (Lipinski definition) is 0. The number of hydrazone groups is 1. The summed E-state index contributed by atoms with van der Waals surface area (Å²) in [7, 11) is 0. The molecule has 0 N–H and O–H groups in total. The van der Waals surface area contributed by atoms with Gasteiger partial charge < -0.3 is 0 Å². The van der Waals surface area contributed by atoms with Gasteiger partial charge in [-0.05, 0) is 49.4 Å². The van der Waals surface area contributed by atoms with Gasteiger partial charge in [0, 0.05) is 18.7 Å². The Labute approximate surface area is 154 Å². The van der Waals surface area contributed by atoms with Crippen molar-refractivity contribution < 1.29 is 4.79 Å². The number of carbonyl (C=O) groups is 1. The number of carbonyl (C=O) groups excluding carboxylic acids is 1. The zero-order valence-corrected chi connectivity index (χ0v) is 16.6. The molecule has 2 aliphatic carbocycles. The number of rotatable bonds is 6. The van der Waals surface area contributed by atoms with Crippen LogP contribution in [0.25, 0.3) is 0 Å². The molecule has 3 heteroatoms. The Bertz CT molecular complexity index is 470. The maximum Gasteiger partial charge on any atom is 0.243 e. The second kappa shape index (κ2) is 8.68. The SMILES string of the molecule is CC(C)(CCN1N=C(CC2CCCCC2)CCC1=O)C1CCCCC1. The van der Waals surface area contributed by atoms with Gasteiger partial charge in [-0.1, -0.05) is 65.2 Å². The van der Waals surface area contributed by atoms with Crippen molar-refractivity contribution in [1.29, 1.82) is 0 Å². The van der Waals surface area contributed by atoms with Crippen molar-refractivity contribution in [1.82, 2.24) is 5.01 Å². The molecule has 1 heterocycles. The minimum absolute atomic E-state index is 0.242. The number of hydrogen-bond acceptors (Lipinski definition) is 2. The van der Waals surface area contributed by atoms with E-state index >= 15 is 0 Å². The fourth-order valence-electron chi connectivity index (χ4n) is 5.18. The highest BCUT2D eigenvalue weighted by molar-refractivity contribution is 5.92. The van der Waals surface area contributed by atoms with E-state index < -0.39 is 0 Å². The van der Waals surface area contributed by atoms with Crippen molar-refractivity contribution in [3.8, 4) is 0 Å². The molecule has 3 aliphatic rings. The van der Waals surface area contributed by atoms with Gasteiger partial charge in [-0.15, -0.1) is 0 Å². The first-order chi connectivity index (χ1) is 12.0. The van der Waals surface area contributed by atoms with Crippen molar-refractivity contribution in [2.24, 2.45) is 22.4 Å². The highest BCUT2D eigenvalue weighted by Crippen LogP contribution is 2.40. The Morgan fingerprint density at radius 1 is 0.960 bits per heavy atom. The second-order valence-electron chi connectivity index (χ2n) is 9.46. The summed E-state index contributed by atoms with van der Waals surface area (Å²) in [5.74, 6) is 1.89. The topological polar surface area (TPSA) is 32.7 Å². The number of amides is 1. The van der Waals surface area contributed by atoms with E-state index in [1.54, 1.807) is 0 Å². The van der Waals surface area contributed by atoms with Crippen LogP contribution >= 0.6 is 0 Å². The quantitative estimate of drug-likeness (QED) is 0.586. The first kappa shape index (κ1) is 18.9. The molecule has 0 unspecified atom stereocenters. The molecule has 0 bridgehead atoms. The summed E-state index contributed by atoms with van der Waals surface area (Å²) in [5.41, 5.74) is 1.62. The predicted octanol–water partition coefficient (Wildman–Crippen LogP) is 5.93. The second-order valence-corrected chi connectivity index (χ2v) is 9.46. The lowest BCUT2D eigenvalue weighted by atomic mass is 9.69. The van der Waals surface area contributed by atoms with E-state index in [4.69, 9.17) is 5.10 Å². The molecule has 0 aromatic carbocycles. The van der Waals surface area contributed by atoms with Gasteiger partial charge in [0.25, 0.3) is 0 Å². The Kier molecular flexibility index (Phi) is 6.57. The molecular formula is C22H38N2O. The van der Waals surface area contributed by atoms with Crippen molar-refractivity contribution in [3.05, 3.63) is 0 Å². The van der Waals surface area contributed by atoms with Crippen LogP contribution in [0.2, 0.25) is 0 Å². The molecule has 1 aliphatic heterocycles. The van der Waals surface area contributed by atoms with Gasteiger partial charge in [-0.2, -0.15) is 5.10 Å². The van der Waals surface area contributed by atoms with Gasteiger partial charge in [-0.3, -0.25) is 4.79 Å². The summed E-state index contributed by atoms with van der Waals surface area (Å²) in [6, 6.07) is 0. The molecule has 0 aromatic rings. The third-order valence-electron chi connectivity index (χ3n) is 7.10. The van der Waals surface area contributed by atoms with Gasteiger partial charge in [-0.25, -0.2) is 5.01 Å². The molecule has 25 heavy (non-hydrogen) atoms. The van der Waals surface area contributed by atoms with E-state index in [2.05, 4.69) is 13.8 Å². The highest BCUT2D eigenvalue weighted by atomic mass is 16.2. The lowest BCUT2D eigenvalue weighted by molar-refractivity contribution is -0.132. The highest BCUT2D eigenvalue weighted by Gasteiger charge is 2.32. The molecule has 3 rings (SSSR count). The maximum atomic E-state index is 12.3. The van der Waals surface area contributed by atoms with Crippen LogP contribution in [-0.4, -0.2) is 23.2 Å². The summed E-state index contributed by atoms with van der Waals surface area (Å²) in [6.07, 6.45) is 17.6. The van der Waals surface area contributed by atoms with Gasteiger partial charge >= 0.3 is 0 Å². The summed E-state index contributed by atoms with van der Waals surface area (Å²) in [5, 5.41) is 6.63. The predicted molar refractivity (Wildman–Crippen MR) is 105 cm³/mol. The zero-order chi connectivity index (χ0) is 17.7. The standard InChI is InChI=1S/C22H38N2O/c1-22(2,19-11-7-4-8-12-19)15-16-24-21(25)14-13-20(23-24)17-18-9-5-3-6-10-18/h18-19H,3-17H2,1-2H3. The van der Waals surface area contributed by atoms with E-state index in [1.807, 2.05) is 5.01 Å². The first-order valence-electron chi connectivity index (χ1n) is 10.9. The van der Waals surface area contributed by atoms with Crippen LogP contribution in [0.15, 0.2) is 5.10 Å². The molecular weight excluding hydrogens is 308 g/mol. The first-order valence-corrected chi connectivity index (χ1v) is 10.9. The minimum Gasteiger partial charge on any atom is -0.273 e. The summed E-state index contributed by atoms with van der Waals surface area (Å²) in [4.78, 5) is 12.3. The van der Waals surface area contributed by atoms with Crippen LogP contribution in [0.5, 0.6) is 0 Å². The molecule has 1 amide bonds. The van der Waals surface area contributed by atoms with E-state index in [1.165, 1.54) is 69.9 Å². The molecule has 142 valence electrons. The van der Waals surface area contributed by atoms with Crippen LogP contribution in [0.3, 0.4) is 0 Å². The third kappa shape index (κ3) is 5.31. The van der Waals surface area contributed by atoms with Crippen LogP contribution in [0.1, 0.15) is 104 Å². The maximum absolute atomic E-state index is 12.3. The molecule has 3 nitrogen and oxygen atoms in total. The monoisotopic (exact) mass is 346 g/mol. The van der Waals surface area contributed by atoms with Crippen LogP contribution in [0, 0.1) is 17.3 Å². The summed E-state index contributed by atoms with van der Waals surface area (Å²) < 4.78 is 0. The largest absolute Gasteiger partial charge is 0.273 e. The molecule has 0 saturated heterocycles. The Balaban J connectivity index is 1.54. The molecule has 0 atom stereocenters. The van der Waals surface area contributed by atoms with Crippen LogP contribution in [-0.2, 0) is 4.79 Å². The van der Waals surface area contributed by atoms with E-state index in [0.717, 1.165) is 37.6 Å². The fourth-order valence-corrected chi connectivity index (χ4v) is 5.18. The van der Waals surface area contributed by atoms with E-state index in [9.17, 15) is 4.79 Å². The molecule has 0 aromatic heterocycles. The van der Waals surface area contributed by atoms with Gasteiger partial charge in [0.2, 0.25) is 5.91 Å². The molecule has 0 spiro atoms. The average Bonchev–Trinajstić information content (AvgIpc) is 2.64. The lowest BCUT2D eigenvalue weighted by Gasteiger charge is -2.38. The minimum atomic E-state index is 0.242. The average molecular weight is 347 g/mol. The van der Waals surface area contributed by atoms with Crippen molar-refractivity contribution >= 4 is 11.6 Å². The van der Waals surface area contributed by atoms with Crippen LogP contribution in [0.4, 0.5) is 0 Å². The normalized spacial score (nSPS) is 24.5. The Morgan fingerprint density at radius 3 is 2.28 bits per heavy atom. The smallest absolute Gasteiger partial charge is 0.243 e. The molecule has 2 saturated carbocycles. The Morgan fingerprint density at radius 2 is 1.60 bits per heavy atom. The van der Waals surface area contributed by atoms with Crippen molar-refractivity contribution in [3.63, 3.8) is 0 Å². The molecule has 0 radical (unpaired) electrons. The molecule has 2 fully saturated rings. The third-order valence-corrected chi connectivity index (χ3v) is 7.10. The van der Waals surface area contributed by atoms with Crippen LogP contribution < -0.4 is 0 Å². The van der Waals surface area contributed by atoms with Gasteiger partial charge in [0.05, 0.1) is 0 Å². The Hall–Kier alpha value is -0.860. The summed E-state index contributed by atoms with van der Waals surface area (Å²) in [6.45, 7) is 5.63. The van der Waals surface area contributed by atoms with Gasteiger partial charge in [0.1, 0.15) is 0 Å². The van der Waals surface area contributed by atoms with Crippen molar-refractivity contribution in [2.75, 3.05) is 6.54 Å². The number of nitrogens with zero attached hydrogens (tertiary/aromatic N) is 2. The van der Waals surface area contributed by atoms with E-state index in [0.29, 0.717) is 11.8 Å². The zero-order valence-electron chi connectivity index (χ0n) is 16.6. The van der Waals surface area contributed by atoms with Gasteiger partial charge in [0.15, 0.2) is 0 Å². The lowest BCUT2D eigenvalue weighted by Crippen LogP contribution is -2.36. The fraction of sp³-hybridized carbons (Fsp3) is 0.909. The summed E-state index contributed by atoms with van der Waals surface area (Å²) >= 11 is 0. The van der Waals surface area contributed by atoms with E-state index in [-0.39, 0.29) is 5.91 Å². The van der Waals surface area contributed by atoms with Crippen molar-refractivity contribution in [2.45, 2.75) is 104 Å².